The smallest absolute Gasteiger partial charge is 0.275 e. The number of para-hydroxylation sites is 1. The van der Waals surface area contributed by atoms with Gasteiger partial charge in [-0.1, -0.05) is 42.5 Å². The van der Waals surface area contributed by atoms with Crippen LogP contribution in [-0.2, 0) is 11.3 Å². The molecule has 1 aliphatic heterocycles. The van der Waals surface area contributed by atoms with E-state index in [9.17, 15) is 4.79 Å². The highest BCUT2D eigenvalue weighted by molar-refractivity contribution is 5.79. The van der Waals surface area contributed by atoms with Crippen molar-refractivity contribution < 1.29 is 19.0 Å². The molecule has 3 aromatic rings. The molecule has 5 nitrogen and oxygen atoms in total. The Morgan fingerprint density at radius 2 is 1.72 bits per heavy atom. The first-order valence-corrected chi connectivity index (χ1v) is 10.6. The minimum absolute atomic E-state index is 0.0929. The van der Waals surface area contributed by atoms with Gasteiger partial charge in [0.15, 0.2) is 6.54 Å². The summed E-state index contributed by atoms with van der Waals surface area (Å²) in [5, 5.41) is 4.17. The molecular weight excluding hydrogens is 362 g/mol. The fourth-order valence-corrected chi connectivity index (χ4v) is 4.19. The van der Waals surface area contributed by atoms with E-state index in [2.05, 4.69) is 36.5 Å². The molecule has 0 unspecified atom stereocenters. The van der Waals surface area contributed by atoms with Gasteiger partial charge < -0.3 is 19.5 Å². The van der Waals surface area contributed by atoms with Crippen molar-refractivity contribution in [2.24, 2.45) is 0 Å². The lowest BCUT2D eigenvalue weighted by atomic mass is 10.1. The number of nitrogens with one attached hydrogen (secondary N) is 3. The third kappa shape index (κ3) is 4.86. The summed E-state index contributed by atoms with van der Waals surface area (Å²) < 4.78 is 5.88. The normalized spacial score (nSPS) is 20.5. The molecule has 1 amide bonds. The van der Waals surface area contributed by atoms with Crippen LogP contribution in [0.15, 0.2) is 59.0 Å². The molecule has 1 aliphatic rings. The van der Waals surface area contributed by atoms with E-state index >= 15 is 0 Å². The van der Waals surface area contributed by atoms with E-state index in [0.29, 0.717) is 6.54 Å². The average Bonchev–Trinajstić information content (AvgIpc) is 3.16. The van der Waals surface area contributed by atoms with Crippen molar-refractivity contribution in [3.8, 4) is 0 Å². The van der Waals surface area contributed by atoms with Crippen LogP contribution in [0.4, 0.5) is 0 Å². The second kappa shape index (κ2) is 8.80. The molecule has 4 rings (SSSR count). The molecule has 5 heteroatoms. The lowest BCUT2D eigenvalue weighted by Gasteiger charge is -2.29. The predicted molar refractivity (Wildman–Crippen MR) is 114 cm³/mol. The number of amides is 1. The van der Waals surface area contributed by atoms with Gasteiger partial charge in [0, 0.05) is 10.9 Å². The predicted octanol–water partition coefficient (Wildman–Crippen LogP) is 0.902. The molecule has 0 bridgehead atoms. The number of quaternary nitrogens is 2. The molecule has 0 radical (unpaired) electrons. The number of carbonyl (C=O) groups excluding carboxylic acids is 1. The first-order chi connectivity index (χ1) is 14.1. The van der Waals surface area contributed by atoms with Crippen LogP contribution in [0.25, 0.3) is 11.0 Å². The van der Waals surface area contributed by atoms with E-state index in [4.69, 9.17) is 4.42 Å². The molecule has 0 saturated carbocycles. The second-order valence-corrected chi connectivity index (χ2v) is 8.26. The third-order valence-corrected chi connectivity index (χ3v) is 6.03. The molecular formula is C24H31N3O2+2. The molecule has 29 heavy (non-hydrogen) atoms. The zero-order valence-electron chi connectivity index (χ0n) is 17.3. The monoisotopic (exact) mass is 393 g/mol. The molecule has 0 spiro atoms. The summed E-state index contributed by atoms with van der Waals surface area (Å²) in [5.74, 6) is 0.900. The van der Waals surface area contributed by atoms with Gasteiger partial charge in [-0.05, 0) is 31.5 Å². The SMILES string of the molecule is Cc1ccccc1C[NH+]1CC[NH+](CC(=O)N[C@@H](C)c2cc3ccccc3o2)CC1. The Hall–Kier alpha value is -2.63. The second-order valence-electron chi connectivity index (χ2n) is 8.26. The third-order valence-electron chi connectivity index (χ3n) is 6.03. The van der Waals surface area contributed by atoms with Crippen LogP contribution in [0.1, 0.15) is 29.9 Å². The van der Waals surface area contributed by atoms with E-state index in [1.165, 1.54) is 16.0 Å². The van der Waals surface area contributed by atoms with Crippen LogP contribution in [0.3, 0.4) is 0 Å². The summed E-state index contributed by atoms with van der Waals surface area (Å²) in [6.45, 7) is 10.1. The molecule has 1 fully saturated rings. The Kier molecular flexibility index (Phi) is 5.97. The highest BCUT2D eigenvalue weighted by atomic mass is 16.3. The Morgan fingerprint density at radius 1 is 1.03 bits per heavy atom. The summed E-state index contributed by atoms with van der Waals surface area (Å²) in [5.41, 5.74) is 3.67. The van der Waals surface area contributed by atoms with Crippen molar-refractivity contribution in [1.29, 1.82) is 0 Å². The Labute approximate surface area is 172 Å². The molecule has 3 N–H and O–H groups in total. The van der Waals surface area contributed by atoms with Crippen molar-refractivity contribution in [3.63, 3.8) is 0 Å². The van der Waals surface area contributed by atoms with E-state index in [0.717, 1.165) is 49.5 Å². The van der Waals surface area contributed by atoms with Gasteiger partial charge in [-0.25, -0.2) is 0 Å². The number of rotatable bonds is 6. The van der Waals surface area contributed by atoms with Crippen molar-refractivity contribution in [2.75, 3.05) is 32.7 Å². The van der Waals surface area contributed by atoms with Crippen LogP contribution < -0.4 is 15.1 Å². The quantitative estimate of drug-likeness (QED) is 0.583. The number of piperazine rings is 1. The summed E-state index contributed by atoms with van der Waals surface area (Å²) in [6, 6.07) is 18.5. The number of hydrogen-bond donors (Lipinski definition) is 3. The summed E-state index contributed by atoms with van der Waals surface area (Å²) in [7, 11) is 0. The summed E-state index contributed by atoms with van der Waals surface area (Å²) in [4.78, 5) is 15.5. The van der Waals surface area contributed by atoms with Crippen LogP contribution in [0.5, 0.6) is 0 Å². The maximum Gasteiger partial charge on any atom is 0.275 e. The standard InChI is InChI=1S/C24H29N3O2/c1-18-7-3-4-9-21(18)16-26-11-13-27(14-12-26)17-24(28)25-19(2)23-15-20-8-5-6-10-22(20)29-23/h3-10,15,19H,11-14,16-17H2,1-2H3,(H,25,28)/p+2/t19-/m0/s1. The zero-order chi connectivity index (χ0) is 20.2. The van der Waals surface area contributed by atoms with Crippen LogP contribution >= 0.6 is 0 Å². The van der Waals surface area contributed by atoms with E-state index in [-0.39, 0.29) is 11.9 Å². The Bertz CT molecular complexity index is 940. The first-order valence-electron chi connectivity index (χ1n) is 10.6. The van der Waals surface area contributed by atoms with Gasteiger partial charge in [-0.3, -0.25) is 4.79 Å². The van der Waals surface area contributed by atoms with Gasteiger partial charge >= 0.3 is 0 Å². The lowest BCUT2D eigenvalue weighted by Crippen LogP contribution is -3.28. The van der Waals surface area contributed by atoms with Crippen molar-refractivity contribution >= 4 is 16.9 Å². The summed E-state index contributed by atoms with van der Waals surface area (Å²) in [6.07, 6.45) is 0. The number of aryl methyl sites for hydroxylation is 1. The van der Waals surface area contributed by atoms with Gasteiger partial charge in [0.25, 0.3) is 5.91 Å². The highest BCUT2D eigenvalue weighted by Crippen LogP contribution is 2.23. The van der Waals surface area contributed by atoms with Gasteiger partial charge in [0.1, 0.15) is 44.1 Å². The van der Waals surface area contributed by atoms with E-state index in [1.54, 1.807) is 4.90 Å². The molecule has 1 aromatic heterocycles. The highest BCUT2D eigenvalue weighted by Gasteiger charge is 2.26. The number of benzene rings is 2. The number of furan rings is 1. The van der Waals surface area contributed by atoms with E-state index < -0.39 is 0 Å². The van der Waals surface area contributed by atoms with Crippen LogP contribution in [0.2, 0.25) is 0 Å². The van der Waals surface area contributed by atoms with Crippen LogP contribution in [0, 0.1) is 6.92 Å². The molecule has 1 saturated heterocycles. The zero-order valence-corrected chi connectivity index (χ0v) is 17.3. The maximum absolute atomic E-state index is 12.5. The fourth-order valence-electron chi connectivity index (χ4n) is 4.19. The molecule has 2 aromatic carbocycles. The van der Waals surface area contributed by atoms with Gasteiger partial charge in [-0.15, -0.1) is 0 Å². The fraction of sp³-hybridized carbons (Fsp3) is 0.375. The van der Waals surface area contributed by atoms with Gasteiger partial charge in [-0.2, -0.15) is 0 Å². The molecule has 152 valence electrons. The van der Waals surface area contributed by atoms with Gasteiger partial charge in [0.2, 0.25) is 0 Å². The minimum atomic E-state index is -0.123. The Balaban J connectivity index is 1.25. The van der Waals surface area contributed by atoms with Crippen molar-refractivity contribution in [3.05, 3.63) is 71.5 Å². The Morgan fingerprint density at radius 3 is 2.48 bits per heavy atom. The maximum atomic E-state index is 12.5. The van der Waals surface area contributed by atoms with Crippen LogP contribution in [-0.4, -0.2) is 38.6 Å². The minimum Gasteiger partial charge on any atom is -0.459 e. The number of carbonyl (C=O) groups is 1. The topological polar surface area (TPSA) is 51.1 Å². The summed E-state index contributed by atoms with van der Waals surface area (Å²) >= 11 is 0. The molecule has 1 atom stereocenters. The van der Waals surface area contributed by atoms with Crippen molar-refractivity contribution in [2.45, 2.75) is 26.4 Å². The molecule has 2 heterocycles. The lowest BCUT2D eigenvalue weighted by molar-refractivity contribution is -1.02. The largest absolute Gasteiger partial charge is 0.459 e. The number of hydrogen-bond acceptors (Lipinski definition) is 2. The number of fused-ring (bicyclic) bond motifs is 1. The average molecular weight is 394 g/mol. The van der Waals surface area contributed by atoms with E-state index in [1.807, 2.05) is 37.3 Å². The molecule has 0 aliphatic carbocycles. The van der Waals surface area contributed by atoms with Crippen molar-refractivity contribution in [1.82, 2.24) is 5.32 Å². The van der Waals surface area contributed by atoms with Gasteiger partial charge in [0.05, 0.1) is 6.04 Å². The first kappa shape index (κ1) is 19.7.